The summed E-state index contributed by atoms with van der Waals surface area (Å²) in [5.41, 5.74) is 4.29. The molecule has 1 fully saturated rings. The van der Waals surface area contributed by atoms with Crippen molar-refractivity contribution < 1.29 is 0 Å². The van der Waals surface area contributed by atoms with E-state index in [1.165, 1.54) is 25.7 Å². The average Bonchev–Trinajstić information content (AvgIpc) is 2.88. The third-order valence-electron chi connectivity index (χ3n) is 3.95. The summed E-state index contributed by atoms with van der Waals surface area (Å²) in [6.45, 7) is 7.25. The molecule has 1 aromatic rings. The number of nitrogens with one attached hydrogen (secondary N) is 2. The lowest BCUT2D eigenvalue weighted by Crippen LogP contribution is -2.20. The van der Waals surface area contributed by atoms with Crippen molar-refractivity contribution in [1.82, 2.24) is 5.32 Å². The van der Waals surface area contributed by atoms with E-state index in [0.29, 0.717) is 0 Å². The van der Waals surface area contributed by atoms with Crippen LogP contribution in [0.25, 0.3) is 5.70 Å². The van der Waals surface area contributed by atoms with E-state index in [2.05, 4.69) is 24.1 Å². The van der Waals surface area contributed by atoms with Crippen LogP contribution >= 0.6 is 11.6 Å². The van der Waals surface area contributed by atoms with Crippen molar-refractivity contribution in [2.75, 3.05) is 18.9 Å². The molecule has 19 heavy (non-hydrogen) atoms. The van der Waals surface area contributed by atoms with Crippen LogP contribution in [0.1, 0.15) is 36.8 Å². The van der Waals surface area contributed by atoms with E-state index < -0.39 is 0 Å². The van der Waals surface area contributed by atoms with Crippen LogP contribution in [0.2, 0.25) is 5.02 Å². The number of hydrogen-bond acceptors (Lipinski definition) is 2. The minimum atomic E-state index is 0.760. The molecule has 3 heteroatoms. The molecule has 0 heterocycles. The highest BCUT2D eigenvalue weighted by atomic mass is 35.5. The van der Waals surface area contributed by atoms with Gasteiger partial charge in [0.1, 0.15) is 0 Å². The van der Waals surface area contributed by atoms with Gasteiger partial charge in [0.05, 0.1) is 0 Å². The summed E-state index contributed by atoms with van der Waals surface area (Å²) < 4.78 is 0. The summed E-state index contributed by atoms with van der Waals surface area (Å²) in [4.78, 5) is 0. The maximum Gasteiger partial charge on any atom is 0.0462 e. The zero-order valence-electron chi connectivity index (χ0n) is 11.9. The molecular formula is C16H23ClN2. The third-order valence-corrected chi connectivity index (χ3v) is 4.17. The molecule has 2 nitrogen and oxygen atoms in total. The average molecular weight is 279 g/mol. The first-order chi connectivity index (χ1) is 9.11. The smallest absolute Gasteiger partial charge is 0.0462 e. The van der Waals surface area contributed by atoms with Gasteiger partial charge in [-0.2, -0.15) is 0 Å². The van der Waals surface area contributed by atoms with E-state index in [0.717, 1.165) is 40.0 Å². The van der Waals surface area contributed by atoms with Crippen LogP contribution < -0.4 is 10.6 Å². The van der Waals surface area contributed by atoms with Crippen LogP contribution in [0.15, 0.2) is 18.7 Å². The van der Waals surface area contributed by atoms with Gasteiger partial charge in [-0.15, -0.1) is 0 Å². The first-order valence-electron chi connectivity index (χ1n) is 7.03. The number of aryl methyl sites for hydroxylation is 1. The summed E-state index contributed by atoms with van der Waals surface area (Å²) in [6, 6.07) is 3.95. The third kappa shape index (κ3) is 3.44. The van der Waals surface area contributed by atoms with Gasteiger partial charge in [-0.1, -0.05) is 31.0 Å². The second-order valence-electron chi connectivity index (χ2n) is 5.41. The Morgan fingerprint density at radius 2 is 2.05 bits per heavy atom. The molecule has 0 saturated heterocycles. The first-order valence-corrected chi connectivity index (χ1v) is 7.40. The fourth-order valence-electron chi connectivity index (χ4n) is 2.89. The molecule has 0 radical (unpaired) electrons. The van der Waals surface area contributed by atoms with Gasteiger partial charge >= 0.3 is 0 Å². The number of benzene rings is 1. The van der Waals surface area contributed by atoms with Crippen molar-refractivity contribution in [2.24, 2.45) is 5.92 Å². The molecular weight excluding hydrogens is 256 g/mol. The zero-order valence-corrected chi connectivity index (χ0v) is 12.6. The van der Waals surface area contributed by atoms with E-state index >= 15 is 0 Å². The summed E-state index contributed by atoms with van der Waals surface area (Å²) >= 11 is 6.15. The summed E-state index contributed by atoms with van der Waals surface area (Å²) in [6.07, 6.45) is 5.43. The molecule has 2 N–H and O–H groups in total. The largest absolute Gasteiger partial charge is 0.387 e. The lowest BCUT2D eigenvalue weighted by Gasteiger charge is -2.18. The van der Waals surface area contributed by atoms with Gasteiger partial charge in [0.15, 0.2) is 0 Å². The number of rotatable bonds is 5. The summed E-state index contributed by atoms with van der Waals surface area (Å²) in [7, 11) is 1.93. The molecule has 1 aromatic carbocycles. The Balaban J connectivity index is 2.09. The van der Waals surface area contributed by atoms with Crippen molar-refractivity contribution in [1.29, 1.82) is 0 Å². The molecule has 1 saturated carbocycles. The molecule has 0 aliphatic heterocycles. The second-order valence-corrected chi connectivity index (χ2v) is 5.84. The standard InChI is InChI=1S/C16H23ClN2/c1-11-8-14(17)9-15(16(11)18-3)12(2)19-10-13-6-4-5-7-13/h8-9,13,18-19H,2,4-7,10H2,1,3H3. The minimum Gasteiger partial charge on any atom is -0.387 e. The van der Waals surface area contributed by atoms with Crippen LogP contribution in [0, 0.1) is 12.8 Å². The highest BCUT2D eigenvalue weighted by molar-refractivity contribution is 6.31. The Bertz CT molecular complexity index is 462. The van der Waals surface area contributed by atoms with Gasteiger partial charge in [0.2, 0.25) is 0 Å². The maximum atomic E-state index is 6.15. The Hall–Kier alpha value is -1.15. The number of anilines is 1. The molecule has 0 bridgehead atoms. The summed E-state index contributed by atoms with van der Waals surface area (Å²) in [5, 5.41) is 7.48. The molecule has 0 spiro atoms. The molecule has 2 rings (SSSR count). The van der Waals surface area contributed by atoms with Crippen molar-refractivity contribution in [3.8, 4) is 0 Å². The van der Waals surface area contributed by atoms with Crippen LogP contribution in [0.3, 0.4) is 0 Å². The van der Waals surface area contributed by atoms with E-state index in [9.17, 15) is 0 Å². The molecule has 1 aliphatic carbocycles. The zero-order chi connectivity index (χ0) is 13.8. The molecule has 0 amide bonds. The molecule has 104 valence electrons. The van der Waals surface area contributed by atoms with Gasteiger partial charge in [-0.05, 0) is 43.4 Å². The van der Waals surface area contributed by atoms with Crippen molar-refractivity contribution in [3.63, 3.8) is 0 Å². The molecule has 0 aromatic heterocycles. The van der Waals surface area contributed by atoms with Crippen LogP contribution in [0.4, 0.5) is 5.69 Å². The molecule has 1 aliphatic rings. The predicted octanol–water partition coefficient (Wildman–Crippen LogP) is 4.44. The molecule has 0 atom stereocenters. The quantitative estimate of drug-likeness (QED) is 0.832. The molecule has 0 unspecified atom stereocenters. The Morgan fingerprint density at radius 3 is 2.68 bits per heavy atom. The highest BCUT2D eigenvalue weighted by Gasteiger charge is 2.16. The van der Waals surface area contributed by atoms with Gasteiger partial charge in [-0.25, -0.2) is 0 Å². The van der Waals surface area contributed by atoms with Gasteiger partial charge in [0, 0.05) is 35.6 Å². The fourth-order valence-corrected chi connectivity index (χ4v) is 3.16. The summed E-state index contributed by atoms with van der Waals surface area (Å²) in [5.74, 6) is 0.801. The van der Waals surface area contributed by atoms with Crippen molar-refractivity contribution in [3.05, 3.63) is 34.9 Å². The topological polar surface area (TPSA) is 24.1 Å². The van der Waals surface area contributed by atoms with Gasteiger partial charge < -0.3 is 10.6 Å². The lowest BCUT2D eigenvalue weighted by atomic mass is 10.0. The van der Waals surface area contributed by atoms with E-state index in [1.807, 2.05) is 19.2 Å². The Morgan fingerprint density at radius 1 is 1.37 bits per heavy atom. The van der Waals surface area contributed by atoms with Gasteiger partial charge in [-0.3, -0.25) is 0 Å². The fraction of sp³-hybridized carbons (Fsp3) is 0.500. The monoisotopic (exact) mass is 278 g/mol. The van der Waals surface area contributed by atoms with Crippen LogP contribution in [-0.2, 0) is 0 Å². The SMILES string of the molecule is C=C(NCC1CCCC1)c1cc(Cl)cc(C)c1NC. The maximum absolute atomic E-state index is 6.15. The minimum absolute atomic E-state index is 0.760. The van der Waals surface area contributed by atoms with Crippen LogP contribution in [0.5, 0.6) is 0 Å². The lowest BCUT2D eigenvalue weighted by molar-refractivity contribution is 0.532. The van der Waals surface area contributed by atoms with Gasteiger partial charge in [0.25, 0.3) is 0 Å². The van der Waals surface area contributed by atoms with E-state index in [-0.39, 0.29) is 0 Å². The number of hydrogen-bond donors (Lipinski definition) is 2. The van der Waals surface area contributed by atoms with Crippen molar-refractivity contribution >= 4 is 23.0 Å². The number of halogens is 1. The predicted molar refractivity (Wildman–Crippen MR) is 84.7 cm³/mol. The Kier molecular flexibility index (Phi) is 4.76. The van der Waals surface area contributed by atoms with E-state index in [1.54, 1.807) is 0 Å². The highest BCUT2D eigenvalue weighted by Crippen LogP contribution is 2.30. The van der Waals surface area contributed by atoms with Crippen LogP contribution in [-0.4, -0.2) is 13.6 Å². The normalized spacial score (nSPS) is 15.5. The second kappa shape index (κ2) is 6.33. The van der Waals surface area contributed by atoms with E-state index in [4.69, 9.17) is 11.6 Å². The first kappa shape index (κ1) is 14.3. The Labute approximate surface area is 121 Å². The van der Waals surface area contributed by atoms with Crippen molar-refractivity contribution in [2.45, 2.75) is 32.6 Å².